The predicted molar refractivity (Wildman–Crippen MR) is 77.3 cm³/mol. The molecule has 2 rings (SSSR count). The van der Waals surface area contributed by atoms with Crippen LogP contribution in [0.25, 0.3) is 0 Å². The van der Waals surface area contributed by atoms with Crippen LogP contribution in [-0.2, 0) is 4.74 Å². The number of rotatable bonds is 3. The van der Waals surface area contributed by atoms with Crippen molar-refractivity contribution >= 4 is 11.7 Å². The SMILES string of the molecule is COC(=O)c1cc(NC2CC(C)(C)CC2C)ccc1F. The van der Waals surface area contributed by atoms with Gasteiger partial charge in [-0.2, -0.15) is 0 Å². The average Bonchev–Trinajstić information content (AvgIpc) is 2.63. The highest BCUT2D eigenvalue weighted by Crippen LogP contribution is 2.42. The lowest BCUT2D eigenvalue weighted by Crippen LogP contribution is -2.22. The molecule has 20 heavy (non-hydrogen) atoms. The Morgan fingerprint density at radius 3 is 2.65 bits per heavy atom. The van der Waals surface area contributed by atoms with Gasteiger partial charge < -0.3 is 10.1 Å². The first-order valence-electron chi connectivity index (χ1n) is 6.97. The van der Waals surface area contributed by atoms with Crippen LogP contribution in [-0.4, -0.2) is 19.1 Å². The van der Waals surface area contributed by atoms with E-state index in [1.54, 1.807) is 6.07 Å². The number of benzene rings is 1. The van der Waals surface area contributed by atoms with Crippen LogP contribution in [0.15, 0.2) is 18.2 Å². The van der Waals surface area contributed by atoms with Crippen LogP contribution < -0.4 is 5.32 Å². The smallest absolute Gasteiger partial charge is 0.340 e. The number of nitrogens with one attached hydrogen (secondary N) is 1. The van der Waals surface area contributed by atoms with Crippen molar-refractivity contribution < 1.29 is 13.9 Å². The molecule has 1 aliphatic rings. The molecule has 1 N–H and O–H groups in total. The van der Waals surface area contributed by atoms with Crippen LogP contribution in [0.2, 0.25) is 0 Å². The molecule has 1 aromatic rings. The fourth-order valence-corrected chi connectivity index (χ4v) is 3.18. The second-order valence-corrected chi connectivity index (χ2v) is 6.49. The normalized spacial score (nSPS) is 24.4. The van der Waals surface area contributed by atoms with Crippen molar-refractivity contribution in [2.24, 2.45) is 11.3 Å². The van der Waals surface area contributed by atoms with E-state index >= 15 is 0 Å². The Morgan fingerprint density at radius 1 is 1.40 bits per heavy atom. The number of hydrogen-bond donors (Lipinski definition) is 1. The summed E-state index contributed by atoms with van der Waals surface area (Å²) in [6, 6.07) is 4.85. The number of carbonyl (C=O) groups is 1. The van der Waals surface area contributed by atoms with Gasteiger partial charge in [0.25, 0.3) is 0 Å². The van der Waals surface area contributed by atoms with Crippen molar-refractivity contribution in [3.05, 3.63) is 29.6 Å². The van der Waals surface area contributed by atoms with E-state index in [1.165, 1.54) is 19.2 Å². The third-order valence-corrected chi connectivity index (χ3v) is 4.06. The van der Waals surface area contributed by atoms with Crippen LogP contribution in [0.3, 0.4) is 0 Å². The minimum absolute atomic E-state index is 0.0255. The Hall–Kier alpha value is -1.58. The molecule has 1 fully saturated rings. The largest absolute Gasteiger partial charge is 0.465 e. The quantitative estimate of drug-likeness (QED) is 0.854. The minimum Gasteiger partial charge on any atom is -0.465 e. The van der Waals surface area contributed by atoms with E-state index in [0.717, 1.165) is 18.5 Å². The first-order valence-corrected chi connectivity index (χ1v) is 6.97. The van der Waals surface area contributed by atoms with E-state index in [2.05, 4.69) is 30.8 Å². The molecule has 0 radical (unpaired) electrons. The summed E-state index contributed by atoms with van der Waals surface area (Å²) in [6.45, 7) is 6.74. The Kier molecular flexibility index (Phi) is 4.02. The van der Waals surface area contributed by atoms with E-state index < -0.39 is 11.8 Å². The summed E-state index contributed by atoms with van der Waals surface area (Å²) in [6.07, 6.45) is 2.23. The molecule has 0 aromatic heterocycles. The fourth-order valence-electron chi connectivity index (χ4n) is 3.18. The summed E-state index contributed by atoms with van der Waals surface area (Å²) in [5.41, 5.74) is 1.06. The highest BCUT2D eigenvalue weighted by molar-refractivity contribution is 5.90. The van der Waals surface area contributed by atoms with Gasteiger partial charge in [-0.15, -0.1) is 0 Å². The fraction of sp³-hybridized carbons (Fsp3) is 0.562. The first-order chi connectivity index (χ1) is 9.32. The topological polar surface area (TPSA) is 38.3 Å². The van der Waals surface area contributed by atoms with Crippen molar-refractivity contribution in [2.75, 3.05) is 12.4 Å². The summed E-state index contributed by atoms with van der Waals surface area (Å²) in [4.78, 5) is 11.5. The van der Waals surface area contributed by atoms with E-state index in [1.807, 2.05) is 0 Å². The monoisotopic (exact) mass is 279 g/mol. The van der Waals surface area contributed by atoms with Gasteiger partial charge >= 0.3 is 5.97 Å². The third-order valence-electron chi connectivity index (χ3n) is 4.06. The molecule has 2 unspecified atom stereocenters. The number of anilines is 1. The van der Waals surface area contributed by atoms with Gasteiger partial charge in [-0.1, -0.05) is 20.8 Å². The summed E-state index contributed by atoms with van der Waals surface area (Å²) in [5.74, 6) is -0.648. The van der Waals surface area contributed by atoms with Gasteiger partial charge in [0.05, 0.1) is 12.7 Å². The van der Waals surface area contributed by atoms with Gasteiger partial charge in [-0.25, -0.2) is 9.18 Å². The molecule has 0 heterocycles. The number of esters is 1. The summed E-state index contributed by atoms with van der Waals surface area (Å²) in [5, 5.41) is 3.42. The summed E-state index contributed by atoms with van der Waals surface area (Å²) in [7, 11) is 1.25. The zero-order valence-corrected chi connectivity index (χ0v) is 12.5. The van der Waals surface area contributed by atoms with Crippen molar-refractivity contribution in [2.45, 2.75) is 39.7 Å². The van der Waals surface area contributed by atoms with Crippen molar-refractivity contribution in [3.63, 3.8) is 0 Å². The van der Waals surface area contributed by atoms with Gasteiger partial charge in [0.2, 0.25) is 0 Å². The maximum absolute atomic E-state index is 13.6. The molecule has 0 amide bonds. The van der Waals surface area contributed by atoms with Gasteiger partial charge in [-0.05, 0) is 42.4 Å². The molecular formula is C16H22FNO2. The molecule has 2 atom stereocenters. The van der Waals surface area contributed by atoms with E-state index in [4.69, 9.17) is 0 Å². The predicted octanol–water partition coefficient (Wildman–Crippen LogP) is 3.85. The van der Waals surface area contributed by atoms with E-state index in [0.29, 0.717) is 17.4 Å². The number of methoxy groups -OCH3 is 1. The van der Waals surface area contributed by atoms with Crippen molar-refractivity contribution in [1.29, 1.82) is 0 Å². The Balaban J connectivity index is 2.16. The third kappa shape index (κ3) is 3.11. The Labute approximate surface area is 119 Å². The molecule has 0 bridgehead atoms. The van der Waals surface area contributed by atoms with Crippen LogP contribution in [0.4, 0.5) is 10.1 Å². The molecule has 0 spiro atoms. The molecule has 1 aromatic carbocycles. The van der Waals surface area contributed by atoms with Gasteiger partial charge in [0.1, 0.15) is 5.82 Å². The summed E-state index contributed by atoms with van der Waals surface area (Å²) < 4.78 is 18.2. The molecular weight excluding hydrogens is 257 g/mol. The number of hydrogen-bond acceptors (Lipinski definition) is 3. The number of ether oxygens (including phenoxy) is 1. The lowest BCUT2D eigenvalue weighted by Gasteiger charge is -2.20. The lowest BCUT2D eigenvalue weighted by atomic mass is 9.91. The lowest BCUT2D eigenvalue weighted by molar-refractivity contribution is 0.0595. The first kappa shape index (κ1) is 14.8. The van der Waals surface area contributed by atoms with Crippen molar-refractivity contribution in [3.8, 4) is 0 Å². The van der Waals surface area contributed by atoms with E-state index in [9.17, 15) is 9.18 Å². The maximum atomic E-state index is 13.6. The molecule has 0 aliphatic heterocycles. The Morgan fingerprint density at radius 2 is 2.10 bits per heavy atom. The van der Waals surface area contributed by atoms with Crippen LogP contribution in [0, 0.1) is 17.2 Å². The average molecular weight is 279 g/mol. The molecule has 1 saturated carbocycles. The second-order valence-electron chi connectivity index (χ2n) is 6.49. The zero-order valence-electron chi connectivity index (χ0n) is 12.5. The van der Waals surface area contributed by atoms with Gasteiger partial charge in [0.15, 0.2) is 0 Å². The van der Waals surface area contributed by atoms with Crippen LogP contribution in [0.1, 0.15) is 44.0 Å². The highest BCUT2D eigenvalue weighted by atomic mass is 19.1. The van der Waals surface area contributed by atoms with Gasteiger partial charge in [0, 0.05) is 11.7 Å². The van der Waals surface area contributed by atoms with Gasteiger partial charge in [-0.3, -0.25) is 0 Å². The van der Waals surface area contributed by atoms with E-state index in [-0.39, 0.29) is 5.56 Å². The Bertz CT molecular complexity index is 513. The minimum atomic E-state index is -0.647. The van der Waals surface area contributed by atoms with Crippen molar-refractivity contribution in [1.82, 2.24) is 0 Å². The molecule has 0 saturated heterocycles. The molecule has 3 nitrogen and oxygen atoms in total. The van der Waals surface area contributed by atoms with Crippen LogP contribution >= 0.6 is 0 Å². The van der Waals surface area contributed by atoms with Crippen LogP contribution in [0.5, 0.6) is 0 Å². The molecule has 4 heteroatoms. The second kappa shape index (κ2) is 5.43. The number of carbonyl (C=O) groups excluding carboxylic acids is 1. The number of halogens is 1. The molecule has 1 aliphatic carbocycles. The zero-order chi connectivity index (χ0) is 14.9. The molecule has 110 valence electrons. The highest BCUT2D eigenvalue weighted by Gasteiger charge is 2.36. The maximum Gasteiger partial charge on any atom is 0.340 e. The standard InChI is InChI=1S/C16H22FNO2/c1-10-8-16(2,3)9-14(10)18-11-5-6-13(17)12(7-11)15(19)20-4/h5-7,10,14,18H,8-9H2,1-4H3. The summed E-state index contributed by atoms with van der Waals surface area (Å²) >= 11 is 0.